The van der Waals surface area contributed by atoms with E-state index in [2.05, 4.69) is 50.2 Å². The van der Waals surface area contributed by atoms with Crippen molar-refractivity contribution in [3.8, 4) is 11.1 Å². The highest BCUT2D eigenvalue weighted by Gasteiger charge is 2.39. The standard InChI is InChI=1S/C25H31N5/c1-2-22(3-1)28-13-8-25(9-14-28)10-15-29(16-11-25)23-6-4-20(5-7-23)21-18-27-24-26-12-17-30(24)19-21/h4-7,12,17-19,22H,1-3,8-11,13-16H2. The molecule has 3 aromatic rings. The maximum atomic E-state index is 4.44. The maximum absolute atomic E-state index is 4.44. The number of likely N-dealkylation sites (tertiary alicyclic amines) is 1. The molecule has 0 unspecified atom stereocenters. The Labute approximate surface area is 178 Å². The van der Waals surface area contributed by atoms with E-state index in [-0.39, 0.29) is 0 Å². The van der Waals surface area contributed by atoms with Crippen molar-refractivity contribution in [3.63, 3.8) is 0 Å². The van der Waals surface area contributed by atoms with Crippen LogP contribution in [0.2, 0.25) is 0 Å². The smallest absolute Gasteiger partial charge is 0.233 e. The van der Waals surface area contributed by atoms with Gasteiger partial charge in [0.1, 0.15) is 0 Å². The fraction of sp³-hybridized carbons (Fsp3) is 0.520. The van der Waals surface area contributed by atoms with E-state index in [4.69, 9.17) is 0 Å². The molecule has 0 radical (unpaired) electrons. The lowest BCUT2D eigenvalue weighted by molar-refractivity contribution is 0.0306. The van der Waals surface area contributed by atoms with Gasteiger partial charge in [0.25, 0.3) is 0 Å². The number of fused-ring (bicyclic) bond motifs is 1. The molecule has 2 aliphatic heterocycles. The van der Waals surface area contributed by atoms with Gasteiger partial charge in [-0.3, -0.25) is 4.40 Å². The first-order valence-electron chi connectivity index (χ1n) is 11.7. The van der Waals surface area contributed by atoms with E-state index in [0.29, 0.717) is 5.41 Å². The molecular formula is C25H31N5. The first-order valence-corrected chi connectivity index (χ1v) is 11.7. The fourth-order valence-corrected chi connectivity index (χ4v) is 5.68. The van der Waals surface area contributed by atoms with Crippen LogP contribution in [0.1, 0.15) is 44.9 Å². The molecule has 156 valence electrons. The van der Waals surface area contributed by atoms with Crippen molar-refractivity contribution < 1.29 is 0 Å². The molecule has 1 aliphatic carbocycles. The highest BCUT2D eigenvalue weighted by atomic mass is 15.2. The first kappa shape index (κ1) is 18.4. The summed E-state index contributed by atoms with van der Waals surface area (Å²) in [5.41, 5.74) is 4.31. The van der Waals surface area contributed by atoms with Crippen molar-refractivity contribution in [2.24, 2.45) is 5.41 Å². The summed E-state index contributed by atoms with van der Waals surface area (Å²) in [5, 5.41) is 0. The Bertz CT molecular complexity index is 1000. The van der Waals surface area contributed by atoms with E-state index in [9.17, 15) is 0 Å². The van der Waals surface area contributed by atoms with Crippen LogP contribution >= 0.6 is 0 Å². The lowest BCUT2D eigenvalue weighted by atomic mass is 9.70. The zero-order chi connectivity index (χ0) is 20.0. The molecule has 6 rings (SSSR count). The van der Waals surface area contributed by atoms with Crippen LogP contribution in [0.4, 0.5) is 5.69 Å². The van der Waals surface area contributed by atoms with Gasteiger partial charge in [-0.15, -0.1) is 0 Å². The van der Waals surface area contributed by atoms with Gasteiger partial charge in [-0.2, -0.15) is 0 Å². The Balaban J connectivity index is 1.09. The van der Waals surface area contributed by atoms with Crippen molar-refractivity contribution in [2.75, 3.05) is 31.1 Å². The fourth-order valence-electron chi connectivity index (χ4n) is 5.68. The third-order valence-corrected chi connectivity index (χ3v) is 8.09. The molecule has 5 nitrogen and oxygen atoms in total. The van der Waals surface area contributed by atoms with Crippen LogP contribution in [0.3, 0.4) is 0 Å². The van der Waals surface area contributed by atoms with E-state index in [1.54, 1.807) is 6.20 Å². The molecule has 0 amide bonds. The van der Waals surface area contributed by atoms with E-state index in [0.717, 1.165) is 17.4 Å². The van der Waals surface area contributed by atoms with Gasteiger partial charge in [-0.25, -0.2) is 9.97 Å². The van der Waals surface area contributed by atoms with Crippen LogP contribution < -0.4 is 4.90 Å². The molecule has 1 saturated carbocycles. The summed E-state index contributed by atoms with van der Waals surface area (Å²) >= 11 is 0. The molecule has 0 atom stereocenters. The Kier molecular flexibility index (Phi) is 4.52. The van der Waals surface area contributed by atoms with Crippen LogP contribution in [0.15, 0.2) is 49.1 Å². The van der Waals surface area contributed by atoms with Gasteiger partial charge in [-0.05, 0) is 74.7 Å². The van der Waals surface area contributed by atoms with Gasteiger partial charge < -0.3 is 9.80 Å². The number of aromatic nitrogens is 3. The third kappa shape index (κ3) is 3.29. The van der Waals surface area contributed by atoms with Gasteiger partial charge in [-0.1, -0.05) is 18.6 Å². The average Bonchev–Trinajstić information content (AvgIpc) is 3.23. The maximum Gasteiger partial charge on any atom is 0.233 e. The van der Waals surface area contributed by atoms with Crippen LogP contribution in [-0.2, 0) is 0 Å². The Morgan fingerprint density at radius 3 is 2.27 bits per heavy atom. The Morgan fingerprint density at radius 1 is 0.833 bits per heavy atom. The summed E-state index contributed by atoms with van der Waals surface area (Å²) < 4.78 is 1.98. The van der Waals surface area contributed by atoms with Crippen molar-refractivity contribution in [1.29, 1.82) is 0 Å². The lowest BCUT2D eigenvalue weighted by Crippen LogP contribution is -2.50. The van der Waals surface area contributed by atoms with Gasteiger partial charge in [0.15, 0.2) is 0 Å². The van der Waals surface area contributed by atoms with Crippen LogP contribution in [0, 0.1) is 5.41 Å². The molecule has 2 saturated heterocycles. The third-order valence-electron chi connectivity index (χ3n) is 8.09. The number of nitrogens with zero attached hydrogens (tertiary/aromatic N) is 5. The predicted octanol–water partition coefficient (Wildman–Crippen LogP) is 4.63. The van der Waals surface area contributed by atoms with Gasteiger partial charge >= 0.3 is 0 Å². The van der Waals surface area contributed by atoms with Crippen molar-refractivity contribution in [1.82, 2.24) is 19.3 Å². The molecule has 30 heavy (non-hydrogen) atoms. The summed E-state index contributed by atoms with van der Waals surface area (Å²) in [6, 6.07) is 9.95. The minimum absolute atomic E-state index is 0.614. The van der Waals surface area contributed by atoms with Crippen molar-refractivity contribution >= 4 is 11.5 Å². The van der Waals surface area contributed by atoms with Gasteiger partial charge in [0.05, 0.1) is 0 Å². The molecule has 0 N–H and O–H groups in total. The molecule has 3 fully saturated rings. The van der Waals surface area contributed by atoms with E-state index in [1.807, 2.05) is 16.8 Å². The molecule has 5 heteroatoms. The van der Waals surface area contributed by atoms with E-state index in [1.165, 1.54) is 82.4 Å². The Hall–Kier alpha value is -2.40. The number of benzene rings is 1. The van der Waals surface area contributed by atoms with Crippen LogP contribution in [0.5, 0.6) is 0 Å². The molecule has 1 aromatic carbocycles. The summed E-state index contributed by atoms with van der Waals surface area (Å²) in [6.07, 6.45) is 17.6. The Morgan fingerprint density at radius 2 is 1.57 bits per heavy atom. The van der Waals surface area contributed by atoms with Crippen LogP contribution in [0.25, 0.3) is 16.9 Å². The first-order chi connectivity index (χ1) is 14.8. The van der Waals surface area contributed by atoms with Crippen molar-refractivity contribution in [3.05, 3.63) is 49.1 Å². The molecule has 4 heterocycles. The minimum Gasteiger partial charge on any atom is -0.371 e. The molecule has 0 bridgehead atoms. The zero-order valence-corrected chi connectivity index (χ0v) is 17.7. The molecular weight excluding hydrogens is 370 g/mol. The minimum atomic E-state index is 0.614. The highest BCUT2D eigenvalue weighted by Crippen LogP contribution is 2.43. The number of rotatable bonds is 3. The number of anilines is 1. The molecule has 2 aromatic heterocycles. The molecule has 3 aliphatic rings. The molecule has 1 spiro atoms. The topological polar surface area (TPSA) is 36.7 Å². The van der Waals surface area contributed by atoms with Crippen molar-refractivity contribution in [2.45, 2.75) is 51.0 Å². The second-order valence-corrected chi connectivity index (χ2v) is 9.63. The number of imidazole rings is 1. The highest BCUT2D eigenvalue weighted by molar-refractivity contribution is 5.65. The monoisotopic (exact) mass is 401 g/mol. The normalized spacial score (nSPS) is 22.5. The summed E-state index contributed by atoms with van der Waals surface area (Å²) in [5.74, 6) is 0.746. The lowest BCUT2D eigenvalue weighted by Gasteiger charge is -2.50. The summed E-state index contributed by atoms with van der Waals surface area (Å²) in [6.45, 7) is 5.08. The summed E-state index contributed by atoms with van der Waals surface area (Å²) in [7, 11) is 0. The largest absolute Gasteiger partial charge is 0.371 e. The SMILES string of the molecule is c1cn2cc(-c3ccc(N4CCC5(CC4)CCN(C4CCC4)CC5)cc3)cnc2n1. The quantitative estimate of drug-likeness (QED) is 0.641. The van der Waals surface area contributed by atoms with Crippen LogP contribution in [-0.4, -0.2) is 51.5 Å². The van der Waals surface area contributed by atoms with E-state index >= 15 is 0 Å². The predicted molar refractivity (Wildman–Crippen MR) is 121 cm³/mol. The number of hydrogen-bond donors (Lipinski definition) is 0. The second-order valence-electron chi connectivity index (χ2n) is 9.63. The number of piperidine rings is 2. The summed E-state index contributed by atoms with van der Waals surface area (Å²) in [4.78, 5) is 14.0. The van der Waals surface area contributed by atoms with Gasteiger partial charge in [0, 0.05) is 55.2 Å². The van der Waals surface area contributed by atoms with Gasteiger partial charge in [0.2, 0.25) is 5.78 Å². The zero-order valence-electron chi connectivity index (χ0n) is 17.7. The second kappa shape index (κ2) is 7.38. The average molecular weight is 402 g/mol. The number of hydrogen-bond acceptors (Lipinski definition) is 4. The van der Waals surface area contributed by atoms with E-state index < -0.39 is 0 Å².